The van der Waals surface area contributed by atoms with Crippen molar-refractivity contribution in [3.05, 3.63) is 29.8 Å². The highest BCUT2D eigenvalue weighted by molar-refractivity contribution is 5.95. The van der Waals surface area contributed by atoms with Crippen LogP contribution in [-0.2, 0) is 20.8 Å². The average molecular weight is 248 g/mol. The predicted molar refractivity (Wildman–Crippen MR) is 66.9 cm³/mol. The van der Waals surface area contributed by atoms with Gasteiger partial charge in [0.2, 0.25) is 11.8 Å². The van der Waals surface area contributed by atoms with Crippen molar-refractivity contribution in [1.29, 1.82) is 0 Å². The van der Waals surface area contributed by atoms with Crippen molar-refractivity contribution in [1.82, 2.24) is 5.48 Å². The molecule has 1 aromatic rings. The number of nitrogens with zero attached hydrogens (tertiary/aromatic N) is 1. The summed E-state index contributed by atoms with van der Waals surface area (Å²) in [4.78, 5) is 29.2. The van der Waals surface area contributed by atoms with Gasteiger partial charge < -0.3 is 4.90 Å². The molecule has 1 aliphatic heterocycles. The molecule has 18 heavy (non-hydrogen) atoms. The molecule has 1 aliphatic rings. The van der Waals surface area contributed by atoms with E-state index in [4.69, 9.17) is 0 Å². The molecule has 0 saturated carbocycles. The van der Waals surface area contributed by atoms with E-state index in [9.17, 15) is 9.59 Å². The zero-order valence-corrected chi connectivity index (χ0v) is 10.3. The summed E-state index contributed by atoms with van der Waals surface area (Å²) in [7, 11) is 1.40. The second-order valence-electron chi connectivity index (χ2n) is 4.22. The highest BCUT2D eigenvalue weighted by Crippen LogP contribution is 2.21. The number of hydrogen-bond donors (Lipinski definition) is 1. The molecule has 0 radical (unpaired) electrons. The van der Waals surface area contributed by atoms with E-state index in [1.54, 1.807) is 4.90 Å². The third kappa shape index (κ3) is 2.87. The fourth-order valence-corrected chi connectivity index (χ4v) is 2.05. The Kier molecular flexibility index (Phi) is 3.94. The Bertz CT molecular complexity index is 442. The molecule has 5 nitrogen and oxygen atoms in total. The van der Waals surface area contributed by atoms with Gasteiger partial charge in [-0.2, -0.15) is 0 Å². The first-order valence-electron chi connectivity index (χ1n) is 5.92. The molecule has 0 spiro atoms. The van der Waals surface area contributed by atoms with E-state index < -0.39 is 0 Å². The molecule has 2 amide bonds. The van der Waals surface area contributed by atoms with Gasteiger partial charge in [-0.1, -0.05) is 12.1 Å². The van der Waals surface area contributed by atoms with Crippen LogP contribution in [0, 0.1) is 0 Å². The first kappa shape index (κ1) is 12.6. The van der Waals surface area contributed by atoms with Crippen LogP contribution in [0.2, 0.25) is 0 Å². The Morgan fingerprint density at radius 2 is 2.11 bits per heavy atom. The van der Waals surface area contributed by atoms with E-state index in [1.165, 1.54) is 7.11 Å². The van der Waals surface area contributed by atoms with Gasteiger partial charge in [-0.3, -0.25) is 14.4 Å². The van der Waals surface area contributed by atoms with E-state index in [1.807, 2.05) is 24.3 Å². The molecule has 1 heterocycles. The lowest BCUT2D eigenvalue weighted by atomic mass is 10.1. The molecule has 0 aromatic heterocycles. The summed E-state index contributed by atoms with van der Waals surface area (Å²) in [6.45, 7) is 0.780. The topological polar surface area (TPSA) is 58.6 Å². The molecule has 1 fully saturated rings. The van der Waals surface area contributed by atoms with Crippen molar-refractivity contribution in [2.45, 2.75) is 19.3 Å². The number of carbonyl (C=O) groups is 2. The van der Waals surface area contributed by atoms with Crippen molar-refractivity contribution in [2.75, 3.05) is 18.6 Å². The van der Waals surface area contributed by atoms with Gasteiger partial charge in [-0.05, 0) is 24.1 Å². The van der Waals surface area contributed by atoms with E-state index in [0.29, 0.717) is 6.42 Å². The van der Waals surface area contributed by atoms with Crippen LogP contribution in [0.25, 0.3) is 0 Å². The third-order valence-corrected chi connectivity index (χ3v) is 2.90. The lowest BCUT2D eigenvalue weighted by Gasteiger charge is -2.15. The summed E-state index contributed by atoms with van der Waals surface area (Å²) in [6.07, 6.45) is 1.80. The standard InChI is InChI=1S/C13H16N2O3/c1-18-14-12(16)9-10-4-6-11(7-5-10)15-8-2-3-13(15)17/h4-7H,2-3,8-9H2,1H3,(H,14,16). The number of hydroxylamine groups is 1. The molecule has 5 heteroatoms. The molecule has 96 valence electrons. The zero-order chi connectivity index (χ0) is 13.0. The smallest absolute Gasteiger partial charge is 0.247 e. The molecule has 1 saturated heterocycles. The Morgan fingerprint density at radius 1 is 1.39 bits per heavy atom. The first-order chi connectivity index (χ1) is 8.70. The number of nitrogens with one attached hydrogen (secondary N) is 1. The fraction of sp³-hybridized carbons (Fsp3) is 0.385. The van der Waals surface area contributed by atoms with E-state index in [-0.39, 0.29) is 18.2 Å². The van der Waals surface area contributed by atoms with Crippen LogP contribution in [0.5, 0.6) is 0 Å². The number of carbonyl (C=O) groups excluding carboxylic acids is 2. The van der Waals surface area contributed by atoms with Crippen LogP contribution in [0.1, 0.15) is 18.4 Å². The number of hydrogen-bond acceptors (Lipinski definition) is 3. The largest absolute Gasteiger partial charge is 0.312 e. The normalized spacial score (nSPS) is 14.9. The summed E-state index contributed by atoms with van der Waals surface area (Å²) in [6, 6.07) is 7.46. The van der Waals surface area contributed by atoms with Crippen LogP contribution in [0.3, 0.4) is 0 Å². The number of anilines is 1. The SMILES string of the molecule is CONC(=O)Cc1ccc(N2CCCC2=O)cc1. The summed E-state index contributed by atoms with van der Waals surface area (Å²) in [5, 5.41) is 0. The van der Waals surface area contributed by atoms with Crippen molar-refractivity contribution in [2.24, 2.45) is 0 Å². The molecule has 1 aromatic carbocycles. The maximum atomic E-state index is 11.6. The van der Waals surface area contributed by atoms with Gasteiger partial charge in [-0.25, -0.2) is 5.48 Å². The number of rotatable bonds is 4. The summed E-state index contributed by atoms with van der Waals surface area (Å²) in [5.74, 6) is -0.0256. The van der Waals surface area contributed by atoms with Gasteiger partial charge in [0.05, 0.1) is 13.5 Å². The maximum absolute atomic E-state index is 11.6. The van der Waals surface area contributed by atoms with Crippen LogP contribution in [0.4, 0.5) is 5.69 Å². The molecule has 0 bridgehead atoms. The molecule has 0 atom stereocenters. The maximum Gasteiger partial charge on any atom is 0.247 e. The van der Waals surface area contributed by atoms with Gasteiger partial charge in [0.25, 0.3) is 0 Å². The second-order valence-corrected chi connectivity index (χ2v) is 4.22. The van der Waals surface area contributed by atoms with Crippen molar-refractivity contribution in [3.63, 3.8) is 0 Å². The molecule has 1 N–H and O–H groups in total. The van der Waals surface area contributed by atoms with Crippen LogP contribution < -0.4 is 10.4 Å². The Hall–Kier alpha value is -1.88. The fourth-order valence-electron chi connectivity index (χ4n) is 2.05. The summed E-state index contributed by atoms with van der Waals surface area (Å²) in [5.41, 5.74) is 4.05. The third-order valence-electron chi connectivity index (χ3n) is 2.90. The van der Waals surface area contributed by atoms with Gasteiger partial charge in [-0.15, -0.1) is 0 Å². The van der Waals surface area contributed by atoms with Gasteiger partial charge in [0.1, 0.15) is 0 Å². The highest BCUT2D eigenvalue weighted by Gasteiger charge is 2.21. The lowest BCUT2D eigenvalue weighted by molar-refractivity contribution is -0.130. The first-order valence-corrected chi connectivity index (χ1v) is 5.92. The summed E-state index contributed by atoms with van der Waals surface area (Å²) >= 11 is 0. The molecule has 0 aliphatic carbocycles. The minimum absolute atomic E-state index is 0.167. The molecule has 2 rings (SSSR count). The monoisotopic (exact) mass is 248 g/mol. The van der Waals surface area contributed by atoms with E-state index in [2.05, 4.69) is 10.3 Å². The second kappa shape index (κ2) is 5.64. The Morgan fingerprint density at radius 3 is 2.67 bits per heavy atom. The number of amides is 2. The quantitative estimate of drug-likeness (QED) is 0.810. The van der Waals surface area contributed by atoms with E-state index >= 15 is 0 Å². The minimum atomic E-state index is -0.192. The number of benzene rings is 1. The highest BCUT2D eigenvalue weighted by atomic mass is 16.6. The van der Waals surface area contributed by atoms with Crippen molar-refractivity contribution < 1.29 is 14.4 Å². The lowest BCUT2D eigenvalue weighted by Crippen LogP contribution is -2.24. The molecular weight excluding hydrogens is 232 g/mol. The van der Waals surface area contributed by atoms with Gasteiger partial charge >= 0.3 is 0 Å². The average Bonchev–Trinajstić information content (AvgIpc) is 2.77. The predicted octanol–water partition coefficient (Wildman–Crippen LogP) is 1.03. The van der Waals surface area contributed by atoms with Gasteiger partial charge in [0, 0.05) is 18.7 Å². The van der Waals surface area contributed by atoms with Crippen LogP contribution >= 0.6 is 0 Å². The van der Waals surface area contributed by atoms with Crippen molar-refractivity contribution >= 4 is 17.5 Å². The minimum Gasteiger partial charge on any atom is -0.312 e. The van der Waals surface area contributed by atoms with Crippen LogP contribution in [-0.4, -0.2) is 25.5 Å². The Labute approximate surface area is 106 Å². The summed E-state index contributed by atoms with van der Waals surface area (Å²) < 4.78 is 0. The Balaban J connectivity index is 2.01. The zero-order valence-electron chi connectivity index (χ0n) is 10.3. The van der Waals surface area contributed by atoms with Gasteiger partial charge in [0.15, 0.2) is 0 Å². The molecular formula is C13H16N2O3. The van der Waals surface area contributed by atoms with Crippen molar-refractivity contribution in [3.8, 4) is 0 Å². The molecule has 0 unspecified atom stereocenters. The van der Waals surface area contributed by atoms with Crippen LogP contribution in [0.15, 0.2) is 24.3 Å². The van der Waals surface area contributed by atoms with E-state index in [0.717, 1.165) is 24.2 Å².